The molecule has 4 rings (SSSR count). The fourth-order valence-corrected chi connectivity index (χ4v) is 3.59. The van der Waals surface area contributed by atoms with Gasteiger partial charge in [0, 0.05) is 18.1 Å². The van der Waals surface area contributed by atoms with Gasteiger partial charge in [-0.05, 0) is 44.5 Å². The van der Waals surface area contributed by atoms with Crippen LogP contribution in [0.5, 0.6) is 0 Å². The molecule has 0 unspecified atom stereocenters. The van der Waals surface area contributed by atoms with Crippen LogP contribution >= 0.6 is 11.6 Å². The summed E-state index contributed by atoms with van der Waals surface area (Å²) in [7, 11) is 2.06. The Kier molecular flexibility index (Phi) is 3.62. The van der Waals surface area contributed by atoms with Gasteiger partial charge in [0.2, 0.25) is 0 Å². The Hall–Kier alpha value is -1.85. The quantitative estimate of drug-likeness (QED) is 0.731. The van der Waals surface area contributed by atoms with Gasteiger partial charge in [0.15, 0.2) is 5.76 Å². The molecule has 0 radical (unpaired) electrons. The summed E-state index contributed by atoms with van der Waals surface area (Å²) >= 11 is 6.08. The lowest BCUT2D eigenvalue weighted by Gasteiger charge is -2.21. The molecule has 1 fully saturated rings. The highest BCUT2D eigenvalue weighted by molar-refractivity contribution is 6.31. The van der Waals surface area contributed by atoms with E-state index in [0.29, 0.717) is 6.04 Å². The van der Waals surface area contributed by atoms with Gasteiger partial charge in [0.25, 0.3) is 0 Å². The lowest BCUT2D eigenvalue weighted by Crippen LogP contribution is -2.24. The number of likely N-dealkylation sites (tertiary alicyclic amines) is 1. The van der Waals surface area contributed by atoms with E-state index in [1.807, 2.05) is 31.2 Å². The predicted octanol–water partition coefficient (Wildman–Crippen LogP) is 3.86. The molecule has 1 aromatic carbocycles. The molecule has 1 atom stereocenters. The first-order valence-corrected chi connectivity index (χ1v) is 8.28. The van der Waals surface area contributed by atoms with Crippen molar-refractivity contribution in [3.05, 3.63) is 46.6 Å². The smallest absolute Gasteiger partial charge is 0.154 e. The number of hydrogen-bond donors (Lipinski definition) is 0. The highest BCUT2D eigenvalue weighted by Gasteiger charge is 2.30. The minimum atomic E-state index is 0.291. The molecule has 1 saturated heterocycles. The van der Waals surface area contributed by atoms with E-state index in [9.17, 15) is 0 Å². The summed E-state index contributed by atoms with van der Waals surface area (Å²) in [5.74, 6) is 2.01. The van der Waals surface area contributed by atoms with Gasteiger partial charge in [-0.2, -0.15) is 0 Å². The van der Waals surface area contributed by atoms with Gasteiger partial charge in [0.05, 0.1) is 29.3 Å². The standard InChI is InChI=1S/C17H19ClN4O/c1-11-8-16(23-20-11)15-4-3-7-22(15)10-17-19-13-9-12(18)5-6-14(13)21(17)2/h5-6,8-9,15H,3-4,7,10H2,1-2H3/t15-/m0/s1. The van der Waals surface area contributed by atoms with Crippen molar-refractivity contribution < 1.29 is 4.52 Å². The van der Waals surface area contributed by atoms with Crippen molar-refractivity contribution in [3.63, 3.8) is 0 Å². The number of fused-ring (bicyclic) bond motifs is 1. The average Bonchev–Trinajstić information content (AvgIpc) is 3.20. The van der Waals surface area contributed by atoms with Gasteiger partial charge in [-0.1, -0.05) is 16.8 Å². The number of imidazole rings is 1. The second-order valence-electron chi connectivity index (χ2n) is 6.22. The average molecular weight is 331 g/mol. The monoisotopic (exact) mass is 330 g/mol. The molecular weight excluding hydrogens is 312 g/mol. The molecule has 23 heavy (non-hydrogen) atoms. The van der Waals surface area contributed by atoms with Gasteiger partial charge >= 0.3 is 0 Å². The third kappa shape index (κ3) is 2.64. The van der Waals surface area contributed by atoms with E-state index in [0.717, 1.165) is 52.8 Å². The van der Waals surface area contributed by atoms with Gasteiger partial charge in [-0.15, -0.1) is 0 Å². The van der Waals surface area contributed by atoms with Crippen LogP contribution in [-0.2, 0) is 13.6 Å². The third-order valence-electron chi connectivity index (χ3n) is 4.62. The minimum Gasteiger partial charge on any atom is -0.359 e. The molecule has 1 aliphatic heterocycles. The highest BCUT2D eigenvalue weighted by atomic mass is 35.5. The Morgan fingerprint density at radius 3 is 3.00 bits per heavy atom. The summed E-state index contributed by atoms with van der Waals surface area (Å²) in [6.07, 6.45) is 2.27. The van der Waals surface area contributed by atoms with E-state index in [4.69, 9.17) is 21.1 Å². The molecule has 120 valence electrons. The fourth-order valence-electron chi connectivity index (χ4n) is 3.42. The van der Waals surface area contributed by atoms with Gasteiger partial charge < -0.3 is 9.09 Å². The van der Waals surface area contributed by atoms with E-state index in [1.54, 1.807) is 0 Å². The van der Waals surface area contributed by atoms with Gasteiger partial charge in [-0.3, -0.25) is 4.90 Å². The van der Waals surface area contributed by atoms with E-state index in [1.165, 1.54) is 6.42 Å². The zero-order chi connectivity index (χ0) is 16.0. The van der Waals surface area contributed by atoms with Gasteiger partial charge in [0.1, 0.15) is 5.82 Å². The van der Waals surface area contributed by atoms with Crippen molar-refractivity contribution in [1.82, 2.24) is 19.6 Å². The van der Waals surface area contributed by atoms with Crippen molar-refractivity contribution in [3.8, 4) is 0 Å². The van der Waals surface area contributed by atoms with Crippen LogP contribution in [0, 0.1) is 6.92 Å². The van der Waals surface area contributed by atoms with Crippen LogP contribution in [0.1, 0.15) is 36.2 Å². The molecule has 6 heteroatoms. The third-order valence-corrected chi connectivity index (χ3v) is 4.85. The molecule has 3 heterocycles. The van der Waals surface area contributed by atoms with Crippen LogP contribution in [0.4, 0.5) is 0 Å². The fraction of sp³-hybridized carbons (Fsp3) is 0.412. The maximum absolute atomic E-state index is 6.08. The number of aromatic nitrogens is 3. The van der Waals surface area contributed by atoms with Crippen LogP contribution in [-0.4, -0.2) is 26.2 Å². The zero-order valence-electron chi connectivity index (χ0n) is 13.3. The first-order valence-electron chi connectivity index (χ1n) is 7.90. The maximum atomic E-state index is 6.08. The number of nitrogens with zero attached hydrogens (tertiary/aromatic N) is 4. The predicted molar refractivity (Wildman–Crippen MR) is 89.3 cm³/mol. The summed E-state index contributed by atoms with van der Waals surface area (Å²) in [5, 5.41) is 4.75. The minimum absolute atomic E-state index is 0.291. The second kappa shape index (κ2) is 5.65. The van der Waals surface area contributed by atoms with E-state index in [-0.39, 0.29) is 0 Å². The van der Waals surface area contributed by atoms with Crippen molar-refractivity contribution in [2.45, 2.75) is 32.4 Å². The lowest BCUT2D eigenvalue weighted by atomic mass is 10.1. The van der Waals surface area contributed by atoms with Crippen LogP contribution in [0.3, 0.4) is 0 Å². The van der Waals surface area contributed by atoms with Crippen molar-refractivity contribution in [1.29, 1.82) is 0 Å². The molecule has 5 nitrogen and oxygen atoms in total. The molecule has 0 amide bonds. The van der Waals surface area contributed by atoms with Crippen LogP contribution in [0.2, 0.25) is 5.02 Å². The largest absolute Gasteiger partial charge is 0.359 e. The number of benzene rings is 1. The number of aryl methyl sites for hydroxylation is 2. The second-order valence-corrected chi connectivity index (χ2v) is 6.66. The molecule has 1 aliphatic rings. The summed E-state index contributed by atoms with van der Waals surface area (Å²) in [6, 6.07) is 8.18. The summed E-state index contributed by atoms with van der Waals surface area (Å²) in [4.78, 5) is 7.18. The Labute approximate surface area is 139 Å². The number of hydrogen-bond acceptors (Lipinski definition) is 4. The topological polar surface area (TPSA) is 47.1 Å². The normalized spacial score (nSPS) is 19.0. The Morgan fingerprint density at radius 2 is 2.22 bits per heavy atom. The molecule has 0 spiro atoms. The zero-order valence-corrected chi connectivity index (χ0v) is 14.0. The molecule has 0 aliphatic carbocycles. The molecule has 0 N–H and O–H groups in total. The molecule has 2 aromatic heterocycles. The van der Waals surface area contributed by atoms with E-state index >= 15 is 0 Å². The van der Waals surface area contributed by atoms with Crippen molar-refractivity contribution >= 4 is 22.6 Å². The van der Waals surface area contributed by atoms with Crippen LogP contribution in [0.15, 0.2) is 28.8 Å². The van der Waals surface area contributed by atoms with Crippen molar-refractivity contribution in [2.24, 2.45) is 7.05 Å². The Balaban J connectivity index is 1.63. The Bertz CT molecular complexity index is 854. The Morgan fingerprint density at radius 1 is 1.35 bits per heavy atom. The summed E-state index contributed by atoms with van der Waals surface area (Å²) < 4.78 is 7.63. The van der Waals surface area contributed by atoms with E-state index in [2.05, 4.69) is 21.7 Å². The van der Waals surface area contributed by atoms with Gasteiger partial charge in [-0.25, -0.2) is 4.98 Å². The molecule has 0 saturated carbocycles. The van der Waals surface area contributed by atoms with Crippen LogP contribution < -0.4 is 0 Å². The lowest BCUT2D eigenvalue weighted by molar-refractivity contribution is 0.201. The SMILES string of the molecule is Cc1cc([C@@H]2CCCN2Cc2nc3cc(Cl)ccc3n2C)on1. The molecular formula is C17H19ClN4O. The highest BCUT2D eigenvalue weighted by Crippen LogP contribution is 2.33. The summed E-state index contributed by atoms with van der Waals surface area (Å²) in [5.41, 5.74) is 2.99. The van der Waals surface area contributed by atoms with Crippen molar-refractivity contribution in [2.75, 3.05) is 6.54 Å². The summed E-state index contributed by atoms with van der Waals surface area (Å²) in [6.45, 7) is 3.81. The first kappa shape index (κ1) is 14.7. The number of halogens is 1. The van der Waals surface area contributed by atoms with Crippen LogP contribution in [0.25, 0.3) is 11.0 Å². The number of rotatable bonds is 3. The molecule has 0 bridgehead atoms. The molecule has 3 aromatic rings. The first-order chi connectivity index (χ1) is 11.1. The van der Waals surface area contributed by atoms with E-state index < -0.39 is 0 Å². The maximum Gasteiger partial charge on any atom is 0.154 e.